The average molecular weight is 222 g/mol. The van der Waals surface area contributed by atoms with Crippen LogP contribution in [0.2, 0.25) is 0 Å². The predicted molar refractivity (Wildman–Crippen MR) is 54.1 cm³/mol. The van der Waals surface area contributed by atoms with E-state index in [1.807, 2.05) is 0 Å². The Morgan fingerprint density at radius 2 is 2.07 bits per heavy atom. The Morgan fingerprint density at radius 1 is 1.64 bits per heavy atom. The van der Waals surface area contributed by atoms with E-state index in [4.69, 9.17) is 10.2 Å². The van der Waals surface area contributed by atoms with E-state index in [2.05, 4.69) is 23.9 Å². The SMILES string of the molecule is C=CC(=O)OC(O)CC.O=C(O)CS. The standard InChI is InChI=1S/C6H10O3.C2H4O2S/c1-3-5(7)9-6(8)4-2;3-2(4)1-5/h3,6,8H,1,4H2,2H3;5H,1H2,(H,3,4). The van der Waals surface area contributed by atoms with E-state index in [9.17, 15) is 9.59 Å². The van der Waals surface area contributed by atoms with Crippen molar-refractivity contribution < 1.29 is 24.5 Å². The molecule has 0 saturated heterocycles. The van der Waals surface area contributed by atoms with Gasteiger partial charge in [-0.15, -0.1) is 0 Å². The Bertz CT molecular complexity index is 192. The summed E-state index contributed by atoms with van der Waals surface area (Å²) in [6.07, 6.45) is 0.425. The second-order valence-corrected chi connectivity index (χ2v) is 2.37. The first-order chi connectivity index (χ1) is 6.47. The molecule has 0 bridgehead atoms. The molecule has 0 amide bonds. The topological polar surface area (TPSA) is 83.8 Å². The Labute approximate surface area is 87.8 Å². The predicted octanol–water partition coefficient (Wildman–Crippen LogP) is 0.445. The number of hydrogen-bond acceptors (Lipinski definition) is 5. The number of carboxylic acid groups (broad SMARTS) is 1. The molecule has 0 spiro atoms. The average Bonchev–Trinajstić information content (AvgIpc) is 2.18. The van der Waals surface area contributed by atoms with Crippen molar-refractivity contribution in [3.05, 3.63) is 12.7 Å². The molecule has 0 aromatic rings. The maximum absolute atomic E-state index is 10.3. The van der Waals surface area contributed by atoms with Crippen molar-refractivity contribution in [2.75, 3.05) is 5.75 Å². The van der Waals surface area contributed by atoms with Gasteiger partial charge in [0.05, 0.1) is 5.75 Å². The van der Waals surface area contributed by atoms with Crippen molar-refractivity contribution in [1.82, 2.24) is 0 Å². The van der Waals surface area contributed by atoms with E-state index in [1.54, 1.807) is 6.92 Å². The summed E-state index contributed by atoms with van der Waals surface area (Å²) in [6, 6.07) is 0. The van der Waals surface area contributed by atoms with Gasteiger partial charge in [-0.2, -0.15) is 12.6 Å². The lowest BCUT2D eigenvalue weighted by Crippen LogP contribution is -2.14. The third-order valence-electron chi connectivity index (χ3n) is 0.903. The van der Waals surface area contributed by atoms with Gasteiger partial charge in [0.25, 0.3) is 0 Å². The third kappa shape index (κ3) is 13.6. The molecule has 0 aliphatic rings. The summed E-state index contributed by atoms with van der Waals surface area (Å²) in [7, 11) is 0. The Morgan fingerprint density at radius 3 is 2.29 bits per heavy atom. The second kappa shape index (κ2) is 10.1. The molecule has 2 N–H and O–H groups in total. The molecular formula is C8H14O5S. The summed E-state index contributed by atoms with van der Waals surface area (Å²) in [6.45, 7) is 4.87. The van der Waals surface area contributed by atoms with Crippen LogP contribution in [-0.4, -0.2) is 34.2 Å². The Balaban J connectivity index is 0. The lowest BCUT2D eigenvalue weighted by Gasteiger charge is -2.05. The molecule has 5 nitrogen and oxygen atoms in total. The quantitative estimate of drug-likeness (QED) is 0.278. The van der Waals surface area contributed by atoms with E-state index in [-0.39, 0.29) is 5.75 Å². The highest BCUT2D eigenvalue weighted by Gasteiger charge is 2.02. The lowest BCUT2D eigenvalue weighted by molar-refractivity contribution is -0.161. The van der Waals surface area contributed by atoms with Gasteiger partial charge in [-0.1, -0.05) is 13.5 Å². The first-order valence-electron chi connectivity index (χ1n) is 3.81. The zero-order valence-corrected chi connectivity index (χ0v) is 8.74. The number of aliphatic hydroxyl groups is 1. The molecule has 1 unspecified atom stereocenters. The summed E-state index contributed by atoms with van der Waals surface area (Å²) in [5, 5.41) is 16.3. The first kappa shape index (κ1) is 15.5. The van der Waals surface area contributed by atoms with Gasteiger partial charge in [0.2, 0.25) is 6.29 Å². The van der Waals surface area contributed by atoms with Crippen LogP contribution in [0.25, 0.3) is 0 Å². The summed E-state index contributed by atoms with van der Waals surface area (Å²) in [5.41, 5.74) is 0. The monoisotopic (exact) mass is 222 g/mol. The molecule has 0 fully saturated rings. The number of carbonyl (C=O) groups is 2. The van der Waals surface area contributed by atoms with E-state index < -0.39 is 18.2 Å². The molecule has 1 atom stereocenters. The maximum atomic E-state index is 10.3. The van der Waals surface area contributed by atoms with Crippen LogP contribution in [0.1, 0.15) is 13.3 Å². The van der Waals surface area contributed by atoms with Crippen molar-refractivity contribution in [3.63, 3.8) is 0 Å². The molecular weight excluding hydrogens is 208 g/mol. The van der Waals surface area contributed by atoms with Crippen LogP contribution >= 0.6 is 12.6 Å². The smallest absolute Gasteiger partial charge is 0.332 e. The molecule has 0 radical (unpaired) electrons. The normalized spacial score (nSPS) is 10.5. The van der Waals surface area contributed by atoms with Crippen LogP contribution in [0.3, 0.4) is 0 Å². The van der Waals surface area contributed by atoms with E-state index in [0.29, 0.717) is 6.42 Å². The number of rotatable bonds is 4. The fourth-order valence-electron chi connectivity index (χ4n) is 0.266. The molecule has 0 aliphatic heterocycles. The maximum Gasteiger partial charge on any atom is 0.332 e. The zero-order chi connectivity index (χ0) is 11.6. The number of ether oxygens (including phenoxy) is 1. The van der Waals surface area contributed by atoms with Crippen molar-refractivity contribution in [1.29, 1.82) is 0 Å². The van der Waals surface area contributed by atoms with E-state index in [0.717, 1.165) is 6.08 Å². The molecule has 0 heterocycles. The van der Waals surface area contributed by atoms with Crippen LogP contribution in [0, 0.1) is 0 Å². The van der Waals surface area contributed by atoms with Gasteiger partial charge >= 0.3 is 11.9 Å². The highest BCUT2D eigenvalue weighted by atomic mass is 32.1. The van der Waals surface area contributed by atoms with Gasteiger partial charge in [0.1, 0.15) is 0 Å². The summed E-state index contributed by atoms with van der Waals surface area (Å²) in [5.74, 6) is -1.56. The van der Waals surface area contributed by atoms with Gasteiger partial charge in [-0.05, 0) is 0 Å². The number of carboxylic acids is 1. The third-order valence-corrected chi connectivity index (χ3v) is 1.17. The number of esters is 1. The molecule has 14 heavy (non-hydrogen) atoms. The minimum atomic E-state index is -0.990. The highest BCUT2D eigenvalue weighted by Crippen LogP contribution is 1.92. The Hall–Kier alpha value is -1.01. The minimum Gasteiger partial charge on any atom is -0.481 e. The molecule has 0 aromatic carbocycles. The number of aliphatic hydroxyl groups excluding tert-OH is 1. The molecule has 0 rings (SSSR count). The van der Waals surface area contributed by atoms with Crippen LogP contribution < -0.4 is 0 Å². The molecule has 0 aliphatic carbocycles. The minimum absolute atomic E-state index is 0.0833. The highest BCUT2D eigenvalue weighted by molar-refractivity contribution is 7.81. The van der Waals surface area contributed by atoms with Crippen molar-refractivity contribution in [3.8, 4) is 0 Å². The fourth-order valence-corrected chi connectivity index (χ4v) is 0.266. The number of hydrogen-bond donors (Lipinski definition) is 3. The molecule has 0 saturated carbocycles. The molecule has 82 valence electrons. The summed E-state index contributed by atoms with van der Waals surface area (Å²) >= 11 is 3.42. The Kier molecular flexibility index (Phi) is 11.1. The fraction of sp³-hybridized carbons (Fsp3) is 0.500. The number of carbonyl (C=O) groups excluding carboxylic acids is 1. The van der Waals surface area contributed by atoms with Crippen LogP contribution in [0.4, 0.5) is 0 Å². The summed E-state index contributed by atoms with van der Waals surface area (Å²) in [4.78, 5) is 19.6. The van der Waals surface area contributed by atoms with Crippen LogP contribution in [-0.2, 0) is 14.3 Å². The number of thiol groups is 1. The van der Waals surface area contributed by atoms with Crippen LogP contribution in [0.5, 0.6) is 0 Å². The summed E-state index contributed by atoms with van der Waals surface area (Å²) < 4.78 is 4.35. The van der Waals surface area contributed by atoms with E-state index >= 15 is 0 Å². The second-order valence-electron chi connectivity index (χ2n) is 2.06. The first-order valence-corrected chi connectivity index (χ1v) is 4.44. The molecule has 0 aromatic heterocycles. The zero-order valence-electron chi connectivity index (χ0n) is 7.84. The van der Waals surface area contributed by atoms with Crippen molar-refractivity contribution in [2.24, 2.45) is 0 Å². The van der Waals surface area contributed by atoms with Crippen LogP contribution in [0.15, 0.2) is 12.7 Å². The van der Waals surface area contributed by atoms with E-state index in [1.165, 1.54) is 0 Å². The molecule has 6 heteroatoms. The largest absolute Gasteiger partial charge is 0.481 e. The van der Waals surface area contributed by atoms with Gasteiger partial charge in [-0.3, -0.25) is 4.79 Å². The van der Waals surface area contributed by atoms with Gasteiger partial charge in [0, 0.05) is 12.5 Å². The number of aliphatic carboxylic acids is 1. The lowest BCUT2D eigenvalue weighted by atomic mass is 10.5. The van der Waals surface area contributed by atoms with Gasteiger partial charge < -0.3 is 14.9 Å². The van der Waals surface area contributed by atoms with Gasteiger partial charge in [-0.25, -0.2) is 4.79 Å². The van der Waals surface area contributed by atoms with Crippen molar-refractivity contribution >= 4 is 24.6 Å². The van der Waals surface area contributed by atoms with Gasteiger partial charge in [0.15, 0.2) is 0 Å². The van der Waals surface area contributed by atoms with Crippen molar-refractivity contribution in [2.45, 2.75) is 19.6 Å².